The first-order valence-corrected chi connectivity index (χ1v) is 14.8. The fraction of sp³-hybridized carbons (Fsp3) is 0.412. The third-order valence-corrected chi connectivity index (χ3v) is 7.96. The summed E-state index contributed by atoms with van der Waals surface area (Å²) < 4.78 is 12.7. The van der Waals surface area contributed by atoms with Gasteiger partial charge < -0.3 is 19.3 Å². The van der Waals surface area contributed by atoms with Crippen molar-refractivity contribution < 1.29 is 19.1 Å². The van der Waals surface area contributed by atoms with Crippen molar-refractivity contribution >= 4 is 39.6 Å². The summed E-state index contributed by atoms with van der Waals surface area (Å²) in [5.74, 6) is 0.626. The number of hydrogen-bond donors (Lipinski definition) is 0. The summed E-state index contributed by atoms with van der Waals surface area (Å²) in [6.07, 6.45) is 2.27. The van der Waals surface area contributed by atoms with Crippen LogP contribution in [0.15, 0.2) is 54.6 Å². The van der Waals surface area contributed by atoms with Gasteiger partial charge in [-0.1, -0.05) is 24.3 Å². The number of aryl methyl sites for hydroxylation is 1. The number of benzene rings is 3. The van der Waals surface area contributed by atoms with Crippen molar-refractivity contribution in [3.05, 3.63) is 66.0 Å². The number of ether oxygens (including phenoxy) is 2. The molecule has 1 aliphatic heterocycles. The first-order chi connectivity index (χ1) is 20.6. The van der Waals surface area contributed by atoms with Crippen LogP contribution in [0.1, 0.15) is 57.8 Å². The van der Waals surface area contributed by atoms with Crippen LogP contribution in [-0.2, 0) is 14.3 Å². The average molecular weight is 582 g/mol. The molecule has 43 heavy (non-hydrogen) atoms. The Morgan fingerprint density at radius 2 is 1.79 bits per heavy atom. The molecule has 5 rings (SSSR count). The summed E-state index contributed by atoms with van der Waals surface area (Å²) in [4.78, 5) is 33.7. The normalized spacial score (nSPS) is 14.1. The van der Waals surface area contributed by atoms with E-state index in [1.807, 2.05) is 70.2 Å². The maximum Gasteiger partial charge on any atom is 0.410 e. The lowest BCUT2D eigenvalue weighted by Crippen LogP contribution is -2.48. The van der Waals surface area contributed by atoms with Gasteiger partial charge in [-0.05, 0) is 77.3 Å². The topological polar surface area (TPSA) is 101 Å². The van der Waals surface area contributed by atoms with Crippen molar-refractivity contribution in [2.24, 2.45) is 0 Å². The van der Waals surface area contributed by atoms with E-state index in [1.165, 1.54) is 7.11 Å². The van der Waals surface area contributed by atoms with Gasteiger partial charge in [-0.2, -0.15) is 5.26 Å². The molecule has 1 aliphatic rings. The number of methoxy groups -OCH3 is 1. The summed E-state index contributed by atoms with van der Waals surface area (Å²) in [6.45, 7) is 9.50. The number of amides is 1. The van der Waals surface area contributed by atoms with E-state index in [1.54, 1.807) is 4.90 Å². The molecule has 0 aliphatic carbocycles. The minimum atomic E-state index is -0.537. The predicted molar refractivity (Wildman–Crippen MR) is 167 cm³/mol. The maximum absolute atomic E-state index is 12.7. The van der Waals surface area contributed by atoms with Crippen LogP contribution in [0.4, 0.5) is 10.5 Å². The number of nitriles is 1. The second kappa shape index (κ2) is 12.3. The average Bonchev–Trinajstić information content (AvgIpc) is 3.32. The van der Waals surface area contributed by atoms with Crippen LogP contribution in [0.3, 0.4) is 0 Å². The molecule has 0 unspecified atom stereocenters. The van der Waals surface area contributed by atoms with E-state index >= 15 is 0 Å². The number of carbonyl (C=O) groups is 2. The monoisotopic (exact) mass is 581 g/mol. The highest BCUT2D eigenvalue weighted by Gasteiger charge is 2.30. The van der Waals surface area contributed by atoms with Crippen molar-refractivity contribution in [3.63, 3.8) is 0 Å². The Hall–Kier alpha value is -4.58. The van der Waals surface area contributed by atoms with E-state index in [2.05, 4.69) is 27.7 Å². The maximum atomic E-state index is 12.7. The number of anilines is 1. The first kappa shape index (κ1) is 29.9. The number of piperidine rings is 1. The number of likely N-dealkylation sites (tertiary alicyclic amines) is 1. The van der Waals surface area contributed by atoms with Crippen molar-refractivity contribution in [1.82, 2.24) is 14.5 Å². The zero-order valence-electron chi connectivity index (χ0n) is 25.6. The zero-order valence-corrected chi connectivity index (χ0v) is 25.6. The van der Waals surface area contributed by atoms with Crippen LogP contribution in [-0.4, -0.2) is 64.9 Å². The van der Waals surface area contributed by atoms with E-state index in [9.17, 15) is 14.9 Å². The molecule has 0 radical (unpaired) electrons. The largest absolute Gasteiger partial charge is 0.469 e. The Morgan fingerprint density at radius 3 is 2.47 bits per heavy atom. The standard InChI is InChI=1S/C34H39N5O4/c1-23-36-29-14-13-26(21-31(29)39(23)30-15-12-24(22-35)27-9-6-7-10-28(27)30)38(18-8-11-32(40)42-5)25-16-19-37(20-17-25)33(41)43-34(2,3)4/h6-7,9-10,12-15,21,25H,8,11,16-20H2,1-5H3. The minimum Gasteiger partial charge on any atom is -0.469 e. The number of rotatable bonds is 7. The first-order valence-electron chi connectivity index (χ1n) is 14.8. The third kappa shape index (κ3) is 6.43. The van der Waals surface area contributed by atoms with Gasteiger partial charge in [0.05, 0.1) is 35.5 Å². The van der Waals surface area contributed by atoms with Gasteiger partial charge >= 0.3 is 12.1 Å². The molecule has 9 nitrogen and oxygen atoms in total. The molecular formula is C34H39N5O4. The number of aromatic nitrogens is 2. The molecule has 4 aromatic rings. The van der Waals surface area contributed by atoms with Crippen LogP contribution < -0.4 is 4.90 Å². The van der Waals surface area contributed by atoms with E-state index in [-0.39, 0.29) is 18.1 Å². The Morgan fingerprint density at radius 1 is 1.07 bits per heavy atom. The quantitative estimate of drug-likeness (QED) is 0.229. The van der Waals surface area contributed by atoms with Crippen LogP contribution in [0, 0.1) is 18.3 Å². The summed E-state index contributed by atoms with van der Waals surface area (Å²) in [5, 5.41) is 11.6. The molecule has 0 atom stereocenters. The third-order valence-electron chi connectivity index (χ3n) is 7.96. The number of esters is 1. The predicted octanol–water partition coefficient (Wildman–Crippen LogP) is 6.52. The van der Waals surface area contributed by atoms with Crippen molar-refractivity contribution in [1.29, 1.82) is 5.26 Å². The molecule has 3 aromatic carbocycles. The minimum absolute atomic E-state index is 0.182. The zero-order chi connectivity index (χ0) is 30.7. The number of carbonyl (C=O) groups excluding carboxylic acids is 2. The summed E-state index contributed by atoms with van der Waals surface area (Å²) in [5.41, 5.74) is 3.95. The molecule has 0 saturated carbocycles. The molecule has 2 heterocycles. The molecule has 1 saturated heterocycles. The van der Waals surface area contributed by atoms with Gasteiger partial charge in [0, 0.05) is 48.6 Å². The fourth-order valence-corrected chi connectivity index (χ4v) is 5.95. The molecular weight excluding hydrogens is 542 g/mol. The number of nitrogens with zero attached hydrogens (tertiary/aromatic N) is 5. The lowest BCUT2D eigenvalue weighted by molar-refractivity contribution is -0.140. The molecule has 0 N–H and O–H groups in total. The van der Waals surface area contributed by atoms with Gasteiger partial charge in [-0.25, -0.2) is 9.78 Å². The van der Waals surface area contributed by atoms with Gasteiger partial charge in [-0.3, -0.25) is 9.36 Å². The SMILES string of the molecule is COC(=O)CCCN(c1ccc2nc(C)n(-c3ccc(C#N)c4ccccc34)c2c1)C1CCN(C(=O)OC(C)(C)C)CC1. The smallest absolute Gasteiger partial charge is 0.410 e. The highest BCUT2D eigenvalue weighted by Crippen LogP contribution is 2.33. The van der Waals surface area contributed by atoms with E-state index < -0.39 is 5.60 Å². The van der Waals surface area contributed by atoms with Gasteiger partial charge in [0.2, 0.25) is 0 Å². The Kier molecular flexibility index (Phi) is 8.58. The molecule has 1 amide bonds. The van der Waals surface area contributed by atoms with Crippen molar-refractivity contribution in [3.8, 4) is 11.8 Å². The number of hydrogen-bond acceptors (Lipinski definition) is 7. The molecule has 1 fully saturated rings. The van der Waals surface area contributed by atoms with Gasteiger partial charge in [0.1, 0.15) is 11.4 Å². The fourth-order valence-electron chi connectivity index (χ4n) is 5.95. The lowest BCUT2D eigenvalue weighted by atomic mass is 10.0. The van der Waals surface area contributed by atoms with Gasteiger partial charge in [0.15, 0.2) is 0 Å². The summed E-state index contributed by atoms with van der Waals surface area (Å²) in [7, 11) is 1.41. The van der Waals surface area contributed by atoms with Crippen LogP contribution >= 0.6 is 0 Å². The van der Waals surface area contributed by atoms with E-state index in [4.69, 9.17) is 14.5 Å². The molecule has 0 spiro atoms. The Bertz CT molecular complexity index is 1690. The highest BCUT2D eigenvalue weighted by molar-refractivity contribution is 5.96. The summed E-state index contributed by atoms with van der Waals surface area (Å²) >= 11 is 0. The van der Waals surface area contributed by atoms with Gasteiger partial charge in [-0.15, -0.1) is 0 Å². The Labute approximate surface area is 252 Å². The van der Waals surface area contributed by atoms with Crippen LogP contribution in [0.25, 0.3) is 27.5 Å². The van der Waals surface area contributed by atoms with E-state index in [0.717, 1.165) is 51.8 Å². The molecule has 1 aromatic heterocycles. The van der Waals surface area contributed by atoms with Gasteiger partial charge in [0.25, 0.3) is 0 Å². The molecule has 224 valence electrons. The lowest BCUT2D eigenvalue weighted by Gasteiger charge is -2.40. The Balaban J connectivity index is 1.50. The van der Waals surface area contributed by atoms with Crippen molar-refractivity contribution in [2.45, 2.75) is 65.0 Å². The number of fused-ring (bicyclic) bond motifs is 2. The van der Waals surface area contributed by atoms with Crippen molar-refractivity contribution in [2.75, 3.05) is 31.6 Å². The second-order valence-electron chi connectivity index (χ2n) is 12.0. The van der Waals surface area contributed by atoms with Crippen LogP contribution in [0.5, 0.6) is 0 Å². The number of imidazole rings is 1. The van der Waals surface area contributed by atoms with E-state index in [0.29, 0.717) is 38.0 Å². The van der Waals surface area contributed by atoms with Crippen LogP contribution in [0.2, 0.25) is 0 Å². The summed E-state index contributed by atoms with van der Waals surface area (Å²) in [6, 6.07) is 20.6. The highest BCUT2D eigenvalue weighted by atomic mass is 16.6. The molecule has 9 heteroatoms. The molecule has 0 bridgehead atoms. The second-order valence-corrected chi connectivity index (χ2v) is 12.0.